The van der Waals surface area contributed by atoms with E-state index in [1.54, 1.807) is 6.07 Å². The monoisotopic (exact) mass is 417 g/mol. The number of aryl methyl sites for hydroxylation is 1. The Kier molecular flexibility index (Phi) is 5.07. The fourth-order valence-corrected chi connectivity index (χ4v) is 5.40. The first-order valence-electron chi connectivity index (χ1n) is 10.2. The number of rotatable bonds is 4. The number of aromatic nitrogens is 1. The van der Waals surface area contributed by atoms with Crippen LogP contribution in [0.3, 0.4) is 0 Å². The van der Waals surface area contributed by atoms with Crippen molar-refractivity contribution in [1.82, 2.24) is 3.97 Å². The van der Waals surface area contributed by atoms with Gasteiger partial charge in [-0.2, -0.15) is 0 Å². The van der Waals surface area contributed by atoms with Gasteiger partial charge < -0.3 is 0 Å². The molecule has 0 bridgehead atoms. The first kappa shape index (κ1) is 20.4. The summed E-state index contributed by atoms with van der Waals surface area (Å²) in [5, 5.41) is 0.941. The summed E-state index contributed by atoms with van der Waals surface area (Å²) < 4.78 is 29.2. The van der Waals surface area contributed by atoms with E-state index >= 15 is 0 Å². The van der Waals surface area contributed by atoms with Gasteiger partial charge in [0.2, 0.25) is 0 Å². The maximum Gasteiger partial charge on any atom is 0.268 e. The second-order valence-corrected chi connectivity index (χ2v) is 10.7. The maximum atomic E-state index is 13.8. The zero-order valence-electron chi connectivity index (χ0n) is 17.9. The third-order valence-corrected chi connectivity index (χ3v) is 7.21. The van der Waals surface area contributed by atoms with Gasteiger partial charge in [0, 0.05) is 17.5 Å². The van der Waals surface area contributed by atoms with Crippen LogP contribution in [0.25, 0.3) is 10.9 Å². The molecule has 1 heterocycles. The highest BCUT2D eigenvalue weighted by Crippen LogP contribution is 2.30. The molecule has 3 nitrogen and oxygen atoms in total. The van der Waals surface area contributed by atoms with Gasteiger partial charge in [-0.15, -0.1) is 0 Å². The number of nitrogens with zero attached hydrogens (tertiary/aromatic N) is 1. The van der Waals surface area contributed by atoms with E-state index in [4.69, 9.17) is 0 Å². The molecule has 0 aliphatic heterocycles. The summed E-state index contributed by atoms with van der Waals surface area (Å²) in [5.41, 5.74) is 4.54. The van der Waals surface area contributed by atoms with Gasteiger partial charge in [0.15, 0.2) is 0 Å². The van der Waals surface area contributed by atoms with Crippen molar-refractivity contribution in [2.24, 2.45) is 0 Å². The smallest absolute Gasteiger partial charge is 0.238 e. The highest BCUT2D eigenvalue weighted by Gasteiger charge is 2.25. The lowest BCUT2D eigenvalue weighted by atomic mass is 9.87. The lowest BCUT2D eigenvalue weighted by Gasteiger charge is -2.20. The first-order valence-corrected chi connectivity index (χ1v) is 11.6. The number of fused-ring (bicyclic) bond motifs is 1. The molecule has 0 amide bonds. The van der Waals surface area contributed by atoms with E-state index in [1.165, 1.54) is 3.97 Å². The molecule has 3 aromatic carbocycles. The molecular formula is C26H27NO2S. The zero-order valence-corrected chi connectivity index (χ0v) is 18.7. The van der Waals surface area contributed by atoms with Crippen molar-refractivity contribution in [3.8, 4) is 0 Å². The van der Waals surface area contributed by atoms with Gasteiger partial charge in [-0.25, -0.2) is 12.4 Å². The molecule has 4 heteroatoms. The predicted molar refractivity (Wildman–Crippen MR) is 124 cm³/mol. The largest absolute Gasteiger partial charge is 0.268 e. The molecule has 0 atom stereocenters. The van der Waals surface area contributed by atoms with Gasteiger partial charge in [-0.05, 0) is 53.8 Å². The normalized spacial score (nSPS) is 12.4. The predicted octanol–water partition coefficient (Wildman–Crippen LogP) is 6.08. The summed E-state index contributed by atoms with van der Waals surface area (Å²) in [4.78, 5) is 0.322. The van der Waals surface area contributed by atoms with E-state index in [2.05, 4.69) is 20.8 Å². The molecule has 0 aliphatic rings. The molecule has 4 rings (SSSR count). The summed E-state index contributed by atoms with van der Waals surface area (Å²) in [6, 6.07) is 25.2. The van der Waals surface area contributed by atoms with Crippen LogP contribution in [0.5, 0.6) is 0 Å². The number of hydrogen-bond acceptors (Lipinski definition) is 2. The molecule has 0 saturated heterocycles. The van der Waals surface area contributed by atoms with Crippen LogP contribution >= 0.6 is 0 Å². The molecule has 0 unspecified atom stereocenters. The molecule has 4 aromatic rings. The minimum absolute atomic E-state index is 0.131. The van der Waals surface area contributed by atoms with E-state index < -0.39 is 10.0 Å². The Morgan fingerprint density at radius 2 is 1.57 bits per heavy atom. The quantitative estimate of drug-likeness (QED) is 0.404. The summed E-state index contributed by atoms with van der Waals surface area (Å²) in [7, 11) is -3.75. The van der Waals surface area contributed by atoms with Crippen LogP contribution in [0.1, 0.15) is 43.2 Å². The van der Waals surface area contributed by atoms with E-state index in [0.29, 0.717) is 16.8 Å². The lowest BCUT2D eigenvalue weighted by Crippen LogP contribution is -2.18. The zero-order chi connectivity index (χ0) is 21.5. The summed E-state index contributed by atoms with van der Waals surface area (Å²) in [6.07, 6.45) is 0.548. The van der Waals surface area contributed by atoms with Crippen molar-refractivity contribution in [2.75, 3.05) is 0 Å². The van der Waals surface area contributed by atoms with Crippen molar-refractivity contribution in [3.05, 3.63) is 101 Å². The standard InChI is InChI=1S/C26H27NO2S/c1-19-13-14-25-21(15-19)17-23(16-20-9-6-5-7-10-20)27(25)30(28,29)24-12-8-11-22(18-24)26(2,3)4/h5-15,17-18H,16H2,1-4H3. The molecule has 0 N–H and O–H groups in total. The number of hydrogen-bond donors (Lipinski definition) is 0. The highest BCUT2D eigenvalue weighted by molar-refractivity contribution is 7.90. The van der Waals surface area contributed by atoms with Gasteiger partial charge in [0.1, 0.15) is 0 Å². The van der Waals surface area contributed by atoms with Gasteiger partial charge in [-0.1, -0.05) is 74.9 Å². The molecule has 0 aliphatic carbocycles. The first-order chi connectivity index (χ1) is 14.2. The SMILES string of the molecule is Cc1ccc2c(c1)cc(Cc1ccccc1)n2S(=O)(=O)c1cccc(C(C)(C)C)c1. The van der Waals surface area contributed by atoms with Crippen LogP contribution in [-0.4, -0.2) is 12.4 Å². The van der Waals surface area contributed by atoms with Gasteiger partial charge >= 0.3 is 0 Å². The van der Waals surface area contributed by atoms with Crippen molar-refractivity contribution in [1.29, 1.82) is 0 Å². The van der Waals surface area contributed by atoms with Crippen molar-refractivity contribution in [2.45, 2.75) is 44.4 Å². The fourth-order valence-electron chi connectivity index (χ4n) is 3.81. The summed E-state index contributed by atoms with van der Waals surface area (Å²) >= 11 is 0. The Hall–Kier alpha value is -2.85. The molecule has 154 valence electrons. The van der Waals surface area contributed by atoms with Gasteiger partial charge in [0.25, 0.3) is 10.0 Å². The third-order valence-electron chi connectivity index (χ3n) is 5.45. The topological polar surface area (TPSA) is 39.1 Å². The molecule has 0 saturated carbocycles. The Labute approximate surface area is 179 Å². The van der Waals surface area contributed by atoms with E-state index in [9.17, 15) is 8.42 Å². The Balaban J connectivity index is 1.93. The van der Waals surface area contributed by atoms with Crippen LogP contribution in [0, 0.1) is 6.92 Å². The average Bonchev–Trinajstić information content (AvgIpc) is 3.05. The summed E-state index contributed by atoms with van der Waals surface area (Å²) in [5.74, 6) is 0. The molecular weight excluding hydrogens is 390 g/mol. The molecule has 1 aromatic heterocycles. The maximum absolute atomic E-state index is 13.8. The van der Waals surface area contributed by atoms with Crippen LogP contribution < -0.4 is 0 Å². The Bertz CT molecular complexity index is 1310. The lowest BCUT2D eigenvalue weighted by molar-refractivity contribution is 0.580. The number of benzene rings is 3. The summed E-state index contributed by atoms with van der Waals surface area (Å²) in [6.45, 7) is 8.29. The third kappa shape index (κ3) is 3.80. The second-order valence-electron chi connectivity index (χ2n) is 8.91. The second kappa shape index (κ2) is 7.44. The van der Waals surface area contributed by atoms with Crippen LogP contribution in [0.2, 0.25) is 0 Å². The fraction of sp³-hybridized carbons (Fsp3) is 0.231. The average molecular weight is 418 g/mol. The van der Waals surface area contributed by atoms with Crippen LogP contribution in [0.15, 0.2) is 83.8 Å². The van der Waals surface area contributed by atoms with E-state index in [1.807, 2.05) is 79.7 Å². The Morgan fingerprint density at radius 3 is 2.27 bits per heavy atom. The molecule has 30 heavy (non-hydrogen) atoms. The van der Waals surface area contributed by atoms with Crippen molar-refractivity contribution >= 4 is 20.9 Å². The Morgan fingerprint density at radius 1 is 0.833 bits per heavy atom. The molecule has 0 fully saturated rings. The van der Waals surface area contributed by atoms with Crippen LogP contribution in [-0.2, 0) is 21.9 Å². The highest BCUT2D eigenvalue weighted by atomic mass is 32.2. The van der Waals surface area contributed by atoms with E-state index in [-0.39, 0.29) is 5.41 Å². The molecule has 0 radical (unpaired) electrons. The minimum atomic E-state index is -3.75. The molecule has 0 spiro atoms. The van der Waals surface area contributed by atoms with Crippen molar-refractivity contribution in [3.63, 3.8) is 0 Å². The van der Waals surface area contributed by atoms with Crippen molar-refractivity contribution < 1.29 is 8.42 Å². The van der Waals surface area contributed by atoms with Gasteiger partial charge in [-0.3, -0.25) is 0 Å². The van der Waals surface area contributed by atoms with Gasteiger partial charge in [0.05, 0.1) is 10.4 Å². The van der Waals surface area contributed by atoms with E-state index in [0.717, 1.165) is 27.8 Å². The van der Waals surface area contributed by atoms with Crippen LogP contribution in [0.4, 0.5) is 0 Å². The minimum Gasteiger partial charge on any atom is -0.238 e.